The van der Waals surface area contributed by atoms with Crippen LogP contribution in [0, 0.1) is 5.92 Å². The summed E-state index contributed by atoms with van der Waals surface area (Å²) < 4.78 is 7.40. The van der Waals surface area contributed by atoms with E-state index in [9.17, 15) is 0 Å². The molecule has 4 heteroatoms. The number of benzene rings is 1. The van der Waals surface area contributed by atoms with Gasteiger partial charge in [0, 0.05) is 17.1 Å². The third-order valence-electron chi connectivity index (χ3n) is 4.93. The van der Waals surface area contributed by atoms with Gasteiger partial charge in [0.1, 0.15) is 0 Å². The van der Waals surface area contributed by atoms with E-state index in [4.69, 9.17) is 4.74 Å². The summed E-state index contributed by atoms with van der Waals surface area (Å²) in [7, 11) is 2.09. The van der Waals surface area contributed by atoms with Gasteiger partial charge < -0.3 is 10.1 Å². The first-order chi connectivity index (χ1) is 10.2. The molecular formula is C17H24BrNOS. The highest BCUT2D eigenvalue weighted by Crippen LogP contribution is 2.43. The molecule has 0 aliphatic carbocycles. The van der Waals surface area contributed by atoms with E-state index in [1.165, 1.54) is 36.3 Å². The van der Waals surface area contributed by atoms with Crippen LogP contribution in [0.15, 0.2) is 28.7 Å². The van der Waals surface area contributed by atoms with Crippen LogP contribution in [0.25, 0.3) is 0 Å². The first-order valence-electron chi connectivity index (χ1n) is 7.87. The van der Waals surface area contributed by atoms with Gasteiger partial charge >= 0.3 is 0 Å². The molecule has 2 unspecified atom stereocenters. The van der Waals surface area contributed by atoms with Crippen molar-refractivity contribution in [2.24, 2.45) is 5.92 Å². The van der Waals surface area contributed by atoms with Gasteiger partial charge in [-0.15, -0.1) is 0 Å². The van der Waals surface area contributed by atoms with E-state index in [-0.39, 0.29) is 5.60 Å². The molecule has 1 N–H and O–H groups in total. The summed E-state index contributed by atoms with van der Waals surface area (Å²) in [5, 5.41) is 3.56. The fourth-order valence-corrected chi connectivity index (χ4v) is 5.47. The molecule has 2 nitrogen and oxygen atoms in total. The van der Waals surface area contributed by atoms with Gasteiger partial charge in [-0.3, -0.25) is 0 Å². The largest absolute Gasteiger partial charge is 0.375 e. The lowest BCUT2D eigenvalue weighted by atomic mass is 9.77. The Morgan fingerprint density at radius 2 is 2.19 bits per heavy atom. The monoisotopic (exact) mass is 369 g/mol. The standard InChI is InChI=1S/C17H24BrNOS/c1-19-16(13-3-2-4-15(18)11-13)14-5-8-20-17(12-14)6-9-21-10-7-17/h2-4,11,14,16,19H,5-10,12H2,1H3. The number of hydrogen-bond donors (Lipinski definition) is 1. The maximum Gasteiger partial charge on any atom is 0.0701 e. The van der Waals surface area contributed by atoms with Crippen LogP contribution in [0.3, 0.4) is 0 Å². The third-order valence-corrected chi connectivity index (χ3v) is 6.40. The van der Waals surface area contributed by atoms with Crippen LogP contribution in [0.2, 0.25) is 0 Å². The lowest BCUT2D eigenvalue weighted by Crippen LogP contribution is -2.45. The highest BCUT2D eigenvalue weighted by Gasteiger charge is 2.41. The summed E-state index contributed by atoms with van der Waals surface area (Å²) in [5.74, 6) is 3.18. The van der Waals surface area contributed by atoms with Gasteiger partial charge in [0.15, 0.2) is 0 Å². The number of rotatable bonds is 3. The smallest absolute Gasteiger partial charge is 0.0701 e. The molecule has 1 spiro atoms. The summed E-state index contributed by atoms with van der Waals surface area (Å²) >= 11 is 5.67. The molecule has 0 amide bonds. The zero-order chi connectivity index (χ0) is 14.7. The molecule has 2 heterocycles. The maximum absolute atomic E-state index is 6.24. The van der Waals surface area contributed by atoms with Gasteiger partial charge in [0.05, 0.1) is 5.60 Å². The SMILES string of the molecule is CNC(c1cccc(Br)c1)C1CCOC2(CCSCC2)C1. The molecule has 2 saturated heterocycles. The van der Waals surface area contributed by atoms with E-state index in [0.29, 0.717) is 12.0 Å². The van der Waals surface area contributed by atoms with Crippen LogP contribution >= 0.6 is 27.7 Å². The molecule has 116 valence electrons. The Morgan fingerprint density at radius 1 is 1.38 bits per heavy atom. The van der Waals surface area contributed by atoms with Crippen molar-refractivity contribution in [3.63, 3.8) is 0 Å². The Kier molecular flexibility index (Phi) is 5.31. The lowest BCUT2D eigenvalue weighted by molar-refractivity contribution is -0.107. The van der Waals surface area contributed by atoms with Crippen molar-refractivity contribution >= 4 is 27.7 Å². The van der Waals surface area contributed by atoms with E-state index in [2.05, 4.69) is 64.3 Å². The van der Waals surface area contributed by atoms with Gasteiger partial charge in [0.25, 0.3) is 0 Å². The number of hydrogen-bond acceptors (Lipinski definition) is 3. The first kappa shape index (κ1) is 15.9. The predicted octanol–water partition coefficient (Wildman–Crippen LogP) is 4.40. The van der Waals surface area contributed by atoms with Crippen LogP contribution in [-0.4, -0.2) is 30.8 Å². The molecule has 0 bridgehead atoms. The first-order valence-corrected chi connectivity index (χ1v) is 9.82. The second kappa shape index (κ2) is 7.03. The van der Waals surface area contributed by atoms with Crippen LogP contribution in [0.1, 0.15) is 37.3 Å². The van der Waals surface area contributed by atoms with Crippen LogP contribution in [0.4, 0.5) is 0 Å². The topological polar surface area (TPSA) is 21.3 Å². The van der Waals surface area contributed by atoms with E-state index in [1.807, 2.05) is 0 Å². The predicted molar refractivity (Wildman–Crippen MR) is 93.9 cm³/mol. The minimum atomic E-state index is 0.162. The average Bonchev–Trinajstić information content (AvgIpc) is 2.49. The van der Waals surface area contributed by atoms with Gasteiger partial charge in [-0.1, -0.05) is 28.1 Å². The minimum Gasteiger partial charge on any atom is -0.375 e. The van der Waals surface area contributed by atoms with Crippen molar-refractivity contribution in [3.8, 4) is 0 Å². The summed E-state index contributed by atoms with van der Waals surface area (Å²) in [4.78, 5) is 0. The molecule has 1 aromatic carbocycles. The number of ether oxygens (including phenoxy) is 1. The Bertz CT molecular complexity index is 470. The second-order valence-corrected chi connectivity index (χ2v) is 8.36. The normalized spacial score (nSPS) is 26.7. The highest BCUT2D eigenvalue weighted by molar-refractivity contribution is 9.10. The Labute approximate surface area is 140 Å². The zero-order valence-corrected chi connectivity index (χ0v) is 15.0. The van der Waals surface area contributed by atoms with Crippen molar-refractivity contribution in [2.45, 2.75) is 37.3 Å². The van der Waals surface area contributed by atoms with Crippen LogP contribution in [0.5, 0.6) is 0 Å². The number of halogens is 1. The summed E-state index contributed by atoms with van der Waals surface area (Å²) in [6.45, 7) is 0.918. The van der Waals surface area contributed by atoms with E-state index < -0.39 is 0 Å². The fraction of sp³-hybridized carbons (Fsp3) is 0.647. The van der Waals surface area contributed by atoms with Crippen molar-refractivity contribution < 1.29 is 4.74 Å². The van der Waals surface area contributed by atoms with Crippen molar-refractivity contribution in [3.05, 3.63) is 34.3 Å². The molecule has 2 aliphatic heterocycles. The molecule has 1 aromatic rings. The Hall–Kier alpha value is -0.0300. The maximum atomic E-state index is 6.24. The van der Waals surface area contributed by atoms with Gasteiger partial charge in [-0.25, -0.2) is 0 Å². The van der Waals surface area contributed by atoms with E-state index in [1.54, 1.807) is 0 Å². The van der Waals surface area contributed by atoms with Gasteiger partial charge in [-0.2, -0.15) is 11.8 Å². The van der Waals surface area contributed by atoms with Crippen LogP contribution in [-0.2, 0) is 4.74 Å². The molecule has 2 atom stereocenters. The van der Waals surface area contributed by atoms with E-state index in [0.717, 1.165) is 17.5 Å². The summed E-state index contributed by atoms with van der Waals surface area (Å²) in [6.07, 6.45) is 4.81. The summed E-state index contributed by atoms with van der Waals surface area (Å²) in [5.41, 5.74) is 1.55. The molecule has 21 heavy (non-hydrogen) atoms. The average molecular weight is 370 g/mol. The molecular weight excluding hydrogens is 346 g/mol. The lowest BCUT2D eigenvalue weighted by Gasteiger charge is -2.45. The molecule has 0 aromatic heterocycles. The van der Waals surface area contributed by atoms with E-state index >= 15 is 0 Å². The molecule has 0 radical (unpaired) electrons. The Balaban J connectivity index is 1.77. The third kappa shape index (κ3) is 3.66. The minimum absolute atomic E-state index is 0.162. The molecule has 0 saturated carbocycles. The molecule has 3 rings (SSSR count). The Morgan fingerprint density at radius 3 is 2.90 bits per heavy atom. The van der Waals surface area contributed by atoms with Gasteiger partial charge in [-0.05, 0) is 67.9 Å². The summed E-state index contributed by atoms with van der Waals surface area (Å²) in [6, 6.07) is 9.15. The zero-order valence-electron chi connectivity index (χ0n) is 12.6. The highest BCUT2D eigenvalue weighted by atomic mass is 79.9. The molecule has 2 aliphatic rings. The van der Waals surface area contributed by atoms with Crippen molar-refractivity contribution in [2.75, 3.05) is 25.2 Å². The number of thioether (sulfide) groups is 1. The van der Waals surface area contributed by atoms with Gasteiger partial charge in [0.2, 0.25) is 0 Å². The fourth-order valence-electron chi connectivity index (χ4n) is 3.82. The molecule has 2 fully saturated rings. The van der Waals surface area contributed by atoms with Crippen LogP contribution < -0.4 is 5.32 Å². The van der Waals surface area contributed by atoms with Crippen molar-refractivity contribution in [1.82, 2.24) is 5.32 Å². The van der Waals surface area contributed by atoms with Crippen molar-refractivity contribution in [1.29, 1.82) is 0 Å². The number of nitrogens with one attached hydrogen (secondary N) is 1. The second-order valence-electron chi connectivity index (χ2n) is 6.22. The quantitative estimate of drug-likeness (QED) is 0.852.